The molecular weight excluding hydrogens is 478 g/mol. The summed E-state index contributed by atoms with van der Waals surface area (Å²) in [6, 6.07) is 30.9. The molecule has 3 aromatic carbocycles. The predicted molar refractivity (Wildman–Crippen MR) is 152 cm³/mol. The Morgan fingerprint density at radius 2 is 1.59 bits per heavy atom. The van der Waals surface area contributed by atoms with Gasteiger partial charge in [-0.15, -0.1) is 0 Å². The molecule has 1 amide bonds. The van der Waals surface area contributed by atoms with Gasteiger partial charge in [0.25, 0.3) is 5.91 Å². The number of hydrogen-bond donors (Lipinski definition) is 3. The molecule has 0 radical (unpaired) electrons. The van der Waals surface area contributed by atoms with Crippen molar-refractivity contribution in [2.75, 3.05) is 13.1 Å². The number of carbonyl (C=O) groups is 1. The number of amides is 1. The van der Waals surface area contributed by atoms with Crippen LogP contribution < -0.4 is 16.2 Å². The van der Waals surface area contributed by atoms with Crippen LogP contribution in [0.2, 0.25) is 0 Å². The molecule has 3 N–H and O–H groups in total. The molecule has 37 heavy (non-hydrogen) atoms. The smallest absolute Gasteiger partial charge is 0.288 e. The second kappa shape index (κ2) is 12.0. The van der Waals surface area contributed by atoms with Crippen LogP contribution in [0.15, 0.2) is 97.2 Å². The molecule has 188 valence electrons. The van der Waals surface area contributed by atoms with E-state index in [1.54, 1.807) is 6.20 Å². The summed E-state index contributed by atoms with van der Waals surface area (Å²) in [7, 11) is 0. The van der Waals surface area contributed by atoms with Gasteiger partial charge in [0.1, 0.15) is 5.69 Å². The molecule has 1 fully saturated rings. The van der Waals surface area contributed by atoms with E-state index < -0.39 is 0 Å². The van der Waals surface area contributed by atoms with E-state index in [1.165, 1.54) is 11.1 Å². The first-order valence-electron chi connectivity index (χ1n) is 12.7. The van der Waals surface area contributed by atoms with Gasteiger partial charge in [-0.3, -0.25) is 25.5 Å². The maximum Gasteiger partial charge on any atom is 0.288 e. The summed E-state index contributed by atoms with van der Waals surface area (Å²) in [5.74, 6) is 0.0979. The first-order valence-corrected chi connectivity index (χ1v) is 13.1. The number of rotatable bonds is 6. The second-order valence-corrected chi connectivity index (χ2v) is 9.91. The highest BCUT2D eigenvalue weighted by atomic mass is 32.1. The van der Waals surface area contributed by atoms with E-state index in [-0.39, 0.29) is 11.9 Å². The van der Waals surface area contributed by atoms with Gasteiger partial charge in [0.15, 0.2) is 5.11 Å². The minimum Gasteiger partial charge on any atom is -0.357 e. The van der Waals surface area contributed by atoms with Gasteiger partial charge < -0.3 is 5.32 Å². The maximum atomic E-state index is 12.9. The van der Waals surface area contributed by atoms with Crippen LogP contribution in [-0.2, 0) is 13.0 Å². The number of hydrogen-bond acceptors (Lipinski definition) is 4. The Morgan fingerprint density at radius 1 is 0.892 bits per heavy atom. The average Bonchev–Trinajstić information content (AvgIpc) is 2.94. The van der Waals surface area contributed by atoms with Crippen LogP contribution in [0.4, 0.5) is 0 Å². The van der Waals surface area contributed by atoms with Crippen molar-refractivity contribution in [2.45, 2.75) is 25.4 Å². The molecule has 0 unspecified atom stereocenters. The molecule has 7 heteroatoms. The molecule has 1 aliphatic rings. The van der Waals surface area contributed by atoms with E-state index in [0.717, 1.165) is 43.2 Å². The zero-order valence-electron chi connectivity index (χ0n) is 20.6. The number of thiocarbonyl (C=S) groups is 1. The van der Waals surface area contributed by atoms with Crippen molar-refractivity contribution in [1.29, 1.82) is 0 Å². The zero-order chi connectivity index (χ0) is 25.5. The lowest BCUT2D eigenvalue weighted by atomic mass is 9.86. The standard InChI is InChI=1S/C30H31N5OS/c36-29(28-26-14-8-7-13-24(26)15-17-31-28)33-34-30(37)32-27-21-35(20-23-11-5-2-6-12-23)18-16-25(27)19-22-9-3-1-4-10-22/h1-15,17,25,27H,16,18-21H2,(H,33,36)(H2,32,34,37)/t25-,27-/m0/s1. The number of likely N-dealkylation sites (tertiary alicyclic amines) is 1. The lowest BCUT2D eigenvalue weighted by molar-refractivity contribution is 0.0939. The van der Waals surface area contributed by atoms with E-state index in [4.69, 9.17) is 12.2 Å². The van der Waals surface area contributed by atoms with Crippen molar-refractivity contribution in [1.82, 2.24) is 26.1 Å². The van der Waals surface area contributed by atoms with Crippen molar-refractivity contribution in [2.24, 2.45) is 5.92 Å². The van der Waals surface area contributed by atoms with Crippen LogP contribution in [-0.4, -0.2) is 40.0 Å². The predicted octanol–water partition coefficient (Wildman–Crippen LogP) is 4.48. The summed E-state index contributed by atoms with van der Waals surface area (Å²) in [6.45, 7) is 2.81. The average molecular weight is 510 g/mol. The number of nitrogens with zero attached hydrogens (tertiary/aromatic N) is 2. The van der Waals surface area contributed by atoms with E-state index in [0.29, 0.717) is 16.7 Å². The molecule has 1 aromatic heterocycles. The fourth-order valence-corrected chi connectivity index (χ4v) is 5.26. The molecule has 0 saturated carbocycles. The number of piperidine rings is 1. The summed E-state index contributed by atoms with van der Waals surface area (Å²) in [5.41, 5.74) is 8.62. The quantitative estimate of drug-likeness (QED) is 0.263. The molecular formula is C30H31N5OS. The Kier molecular flexibility index (Phi) is 8.03. The van der Waals surface area contributed by atoms with E-state index in [1.807, 2.05) is 42.5 Å². The Hall–Kier alpha value is -3.81. The summed E-state index contributed by atoms with van der Waals surface area (Å²) < 4.78 is 0. The molecule has 1 saturated heterocycles. The van der Waals surface area contributed by atoms with Crippen LogP contribution in [0.25, 0.3) is 10.8 Å². The summed E-state index contributed by atoms with van der Waals surface area (Å²) >= 11 is 5.61. The highest BCUT2D eigenvalue weighted by molar-refractivity contribution is 7.80. The fraction of sp³-hybridized carbons (Fsp3) is 0.233. The topological polar surface area (TPSA) is 69.3 Å². The summed E-state index contributed by atoms with van der Waals surface area (Å²) in [6.07, 6.45) is 3.69. The molecule has 1 aliphatic heterocycles. The van der Waals surface area contributed by atoms with Crippen molar-refractivity contribution in [3.05, 3.63) is 114 Å². The Labute approximate surface area is 223 Å². The van der Waals surface area contributed by atoms with Gasteiger partial charge in [0.05, 0.1) is 0 Å². The van der Waals surface area contributed by atoms with Crippen LogP contribution in [0, 0.1) is 5.92 Å². The molecule has 2 atom stereocenters. The minimum absolute atomic E-state index is 0.144. The third kappa shape index (κ3) is 6.50. The third-order valence-electron chi connectivity index (χ3n) is 6.92. The number of benzene rings is 3. The maximum absolute atomic E-state index is 12.9. The Bertz CT molecular complexity index is 1340. The number of fused-ring (bicyclic) bond motifs is 1. The molecule has 0 spiro atoms. The van der Waals surface area contributed by atoms with Gasteiger partial charge in [-0.2, -0.15) is 0 Å². The first kappa shape index (κ1) is 24.9. The lowest BCUT2D eigenvalue weighted by Gasteiger charge is -2.39. The number of carbonyl (C=O) groups excluding carboxylic acids is 1. The van der Waals surface area contributed by atoms with Crippen molar-refractivity contribution >= 4 is 34.0 Å². The van der Waals surface area contributed by atoms with Gasteiger partial charge in [-0.05, 0) is 60.1 Å². The normalized spacial score (nSPS) is 17.7. The SMILES string of the molecule is O=C(NNC(=S)N[C@H]1CN(Cc2ccccc2)CC[C@H]1Cc1ccccc1)c1nccc2ccccc12. The van der Waals surface area contributed by atoms with E-state index >= 15 is 0 Å². The van der Waals surface area contributed by atoms with Crippen LogP contribution in [0.1, 0.15) is 28.0 Å². The van der Waals surface area contributed by atoms with Crippen LogP contribution >= 0.6 is 12.2 Å². The Morgan fingerprint density at radius 3 is 2.38 bits per heavy atom. The van der Waals surface area contributed by atoms with E-state index in [9.17, 15) is 4.79 Å². The van der Waals surface area contributed by atoms with Gasteiger partial charge in [0, 0.05) is 30.7 Å². The van der Waals surface area contributed by atoms with Crippen LogP contribution in [0.3, 0.4) is 0 Å². The molecule has 6 nitrogen and oxygen atoms in total. The van der Waals surface area contributed by atoms with Gasteiger partial charge in [-0.1, -0.05) is 84.9 Å². The highest BCUT2D eigenvalue weighted by Crippen LogP contribution is 2.24. The largest absolute Gasteiger partial charge is 0.357 e. The second-order valence-electron chi connectivity index (χ2n) is 9.50. The molecule has 5 rings (SSSR count). The summed E-state index contributed by atoms with van der Waals surface area (Å²) in [5, 5.41) is 5.66. The van der Waals surface area contributed by atoms with Gasteiger partial charge >= 0.3 is 0 Å². The lowest BCUT2D eigenvalue weighted by Crippen LogP contribution is -2.57. The summed E-state index contributed by atoms with van der Waals surface area (Å²) in [4.78, 5) is 19.6. The van der Waals surface area contributed by atoms with Gasteiger partial charge in [-0.25, -0.2) is 0 Å². The van der Waals surface area contributed by atoms with Crippen molar-refractivity contribution < 1.29 is 4.79 Å². The highest BCUT2D eigenvalue weighted by Gasteiger charge is 2.30. The van der Waals surface area contributed by atoms with E-state index in [2.05, 4.69) is 74.6 Å². The van der Waals surface area contributed by atoms with Gasteiger partial charge in [0.2, 0.25) is 0 Å². The third-order valence-corrected chi connectivity index (χ3v) is 7.14. The number of aromatic nitrogens is 1. The Balaban J connectivity index is 1.23. The fourth-order valence-electron chi connectivity index (χ4n) is 5.06. The number of hydrazine groups is 1. The molecule has 0 aliphatic carbocycles. The number of pyridine rings is 1. The van der Waals surface area contributed by atoms with Crippen molar-refractivity contribution in [3.63, 3.8) is 0 Å². The molecule has 2 heterocycles. The monoisotopic (exact) mass is 509 g/mol. The van der Waals surface area contributed by atoms with Crippen LogP contribution in [0.5, 0.6) is 0 Å². The van der Waals surface area contributed by atoms with Crippen molar-refractivity contribution in [3.8, 4) is 0 Å². The molecule has 0 bridgehead atoms. The molecule has 4 aromatic rings. The number of nitrogens with one attached hydrogen (secondary N) is 3. The first-order chi connectivity index (χ1) is 18.2. The zero-order valence-corrected chi connectivity index (χ0v) is 21.5. The minimum atomic E-state index is -0.323.